The number of thiazole rings is 1. The number of para-hydroxylation sites is 1. The van der Waals surface area contributed by atoms with E-state index in [1.807, 2.05) is 54.6 Å². The molecule has 3 aromatic carbocycles. The van der Waals surface area contributed by atoms with Gasteiger partial charge in [-0.05, 0) is 53.9 Å². The lowest BCUT2D eigenvalue weighted by Crippen LogP contribution is -2.12. The molecule has 1 heterocycles. The molecule has 0 aliphatic carbocycles. The van der Waals surface area contributed by atoms with Crippen LogP contribution in [0.3, 0.4) is 0 Å². The largest absolute Gasteiger partial charge is 0.322 e. The van der Waals surface area contributed by atoms with Crippen LogP contribution in [0.2, 0.25) is 5.02 Å². The second-order valence-corrected chi connectivity index (χ2v) is 8.35. The van der Waals surface area contributed by atoms with Gasteiger partial charge in [0.05, 0.1) is 15.2 Å². The number of amides is 1. The molecule has 0 atom stereocenters. The molecule has 0 bridgehead atoms. The average molecular weight is 407 g/mol. The van der Waals surface area contributed by atoms with E-state index in [1.165, 1.54) is 5.56 Å². The number of nitrogens with one attached hydrogen (secondary N) is 1. The molecular weight excluding hydrogens is 388 g/mol. The van der Waals surface area contributed by atoms with Crippen molar-refractivity contribution in [3.63, 3.8) is 0 Å². The van der Waals surface area contributed by atoms with E-state index in [9.17, 15) is 4.79 Å². The Kier molecular flexibility index (Phi) is 5.16. The van der Waals surface area contributed by atoms with Crippen LogP contribution >= 0.6 is 22.9 Å². The summed E-state index contributed by atoms with van der Waals surface area (Å²) in [5.74, 6) is 0.289. The molecule has 140 valence electrons. The molecule has 0 aliphatic heterocycles. The summed E-state index contributed by atoms with van der Waals surface area (Å²) in [6.45, 7) is 4.26. The predicted octanol–water partition coefficient (Wildman–Crippen LogP) is 6.99. The molecule has 4 rings (SSSR count). The molecule has 0 saturated heterocycles. The zero-order valence-corrected chi connectivity index (χ0v) is 17.1. The van der Waals surface area contributed by atoms with Crippen molar-refractivity contribution in [2.45, 2.75) is 19.8 Å². The number of halogens is 1. The fraction of sp³-hybridized carbons (Fsp3) is 0.130. The molecule has 0 spiro atoms. The van der Waals surface area contributed by atoms with Gasteiger partial charge in [-0.1, -0.05) is 49.7 Å². The fourth-order valence-electron chi connectivity index (χ4n) is 2.98. The molecule has 4 aromatic rings. The number of anilines is 1. The second-order valence-electron chi connectivity index (χ2n) is 6.91. The summed E-state index contributed by atoms with van der Waals surface area (Å²) in [5, 5.41) is 4.40. The number of nitrogens with zero attached hydrogens (tertiary/aromatic N) is 1. The molecule has 1 amide bonds. The van der Waals surface area contributed by atoms with Crippen molar-refractivity contribution < 1.29 is 4.79 Å². The van der Waals surface area contributed by atoms with Crippen LogP contribution in [0, 0.1) is 0 Å². The molecule has 0 saturated carbocycles. The van der Waals surface area contributed by atoms with E-state index in [0.717, 1.165) is 20.8 Å². The van der Waals surface area contributed by atoms with E-state index in [1.54, 1.807) is 23.5 Å². The maximum Gasteiger partial charge on any atom is 0.255 e. The highest BCUT2D eigenvalue weighted by atomic mass is 35.5. The molecule has 1 aromatic heterocycles. The third-order valence-corrected chi connectivity index (χ3v) is 5.99. The maximum absolute atomic E-state index is 12.6. The van der Waals surface area contributed by atoms with Gasteiger partial charge in [-0.15, -0.1) is 11.3 Å². The minimum absolute atomic E-state index is 0.145. The number of aromatic nitrogens is 1. The summed E-state index contributed by atoms with van der Waals surface area (Å²) >= 11 is 8.00. The Balaban J connectivity index is 1.60. The highest BCUT2D eigenvalue weighted by Crippen LogP contribution is 2.36. The monoisotopic (exact) mass is 406 g/mol. The van der Waals surface area contributed by atoms with Crippen LogP contribution in [-0.2, 0) is 0 Å². The van der Waals surface area contributed by atoms with Crippen molar-refractivity contribution >= 4 is 44.7 Å². The van der Waals surface area contributed by atoms with Crippen LogP contribution < -0.4 is 5.32 Å². The van der Waals surface area contributed by atoms with Gasteiger partial charge in [0.2, 0.25) is 0 Å². The van der Waals surface area contributed by atoms with Crippen molar-refractivity contribution in [1.29, 1.82) is 0 Å². The van der Waals surface area contributed by atoms with E-state index in [-0.39, 0.29) is 5.91 Å². The van der Waals surface area contributed by atoms with Gasteiger partial charge in [0.1, 0.15) is 5.01 Å². The Hall–Kier alpha value is -2.69. The summed E-state index contributed by atoms with van der Waals surface area (Å²) in [6.07, 6.45) is 0. The topological polar surface area (TPSA) is 42.0 Å². The Bertz CT molecular complexity index is 1120. The van der Waals surface area contributed by atoms with Gasteiger partial charge in [0.15, 0.2) is 0 Å². The molecule has 3 nitrogen and oxygen atoms in total. The molecular formula is C23H19ClN2OS. The summed E-state index contributed by atoms with van der Waals surface area (Å²) < 4.78 is 1.10. The standard InChI is InChI=1S/C23H19ClN2OS/c1-14(2)15-7-9-16(10-8-15)22(27)25-17-11-12-19(24)18(13-17)23-26-20-5-3-4-6-21(20)28-23/h3-14H,1-2H3,(H,25,27). The van der Waals surface area contributed by atoms with Crippen molar-refractivity contribution in [2.75, 3.05) is 5.32 Å². The quantitative estimate of drug-likeness (QED) is 0.396. The average Bonchev–Trinajstić information content (AvgIpc) is 3.13. The SMILES string of the molecule is CC(C)c1ccc(C(=O)Nc2ccc(Cl)c(-c3nc4ccccc4s3)c2)cc1. The zero-order chi connectivity index (χ0) is 19.7. The maximum atomic E-state index is 12.6. The Labute approximate surface area is 173 Å². The summed E-state index contributed by atoms with van der Waals surface area (Å²) in [7, 11) is 0. The number of rotatable bonds is 4. The van der Waals surface area contributed by atoms with Gasteiger partial charge in [0, 0.05) is 16.8 Å². The minimum atomic E-state index is -0.145. The van der Waals surface area contributed by atoms with E-state index in [4.69, 9.17) is 11.6 Å². The van der Waals surface area contributed by atoms with E-state index in [2.05, 4.69) is 24.1 Å². The third-order valence-electron chi connectivity index (χ3n) is 4.59. The molecule has 0 fully saturated rings. The van der Waals surface area contributed by atoms with Crippen molar-refractivity contribution in [2.24, 2.45) is 0 Å². The van der Waals surface area contributed by atoms with Crippen molar-refractivity contribution in [3.8, 4) is 10.6 Å². The summed E-state index contributed by atoms with van der Waals surface area (Å²) in [5.41, 5.74) is 4.28. The zero-order valence-electron chi connectivity index (χ0n) is 15.6. The lowest BCUT2D eigenvalue weighted by Gasteiger charge is -2.09. The third kappa shape index (κ3) is 3.79. The van der Waals surface area contributed by atoms with Gasteiger partial charge in [-0.25, -0.2) is 4.98 Å². The number of carbonyl (C=O) groups excluding carboxylic acids is 1. The van der Waals surface area contributed by atoms with E-state index < -0.39 is 0 Å². The van der Waals surface area contributed by atoms with Gasteiger partial charge >= 0.3 is 0 Å². The highest BCUT2D eigenvalue weighted by Gasteiger charge is 2.13. The Morgan fingerprint density at radius 2 is 1.79 bits per heavy atom. The summed E-state index contributed by atoms with van der Waals surface area (Å²) in [4.78, 5) is 17.3. The first-order valence-corrected chi connectivity index (χ1v) is 10.3. The smallest absolute Gasteiger partial charge is 0.255 e. The van der Waals surface area contributed by atoms with Gasteiger partial charge < -0.3 is 5.32 Å². The van der Waals surface area contributed by atoms with Crippen LogP contribution in [0.4, 0.5) is 5.69 Å². The fourth-order valence-corrected chi connectivity index (χ4v) is 4.24. The van der Waals surface area contributed by atoms with Gasteiger partial charge in [-0.3, -0.25) is 4.79 Å². The first kappa shape index (κ1) is 18.7. The first-order chi connectivity index (χ1) is 13.5. The van der Waals surface area contributed by atoms with Crippen LogP contribution in [0.25, 0.3) is 20.8 Å². The molecule has 0 aliphatic rings. The molecule has 28 heavy (non-hydrogen) atoms. The Morgan fingerprint density at radius 3 is 2.50 bits per heavy atom. The molecule has 1 N–H and O–H groups in total. The molecule has 0 radical (unpaired) electrons. The first-order valence-electron chi connectivity index (χ1n) is 9.08. The Morgan fingerprint density at radius 1 is 1.04 bits per heavy atom. The number of carbonyl (C=O) groups is 1. The van der Waals surface area contributed by atoms with Crippen LogP contribution in [0.15, 0.2) is 66.7 Å². The summed E-state index contributed by atoms with van der Waals surface area (Å²) in [6, 6.07) is 21.2. The van der Waals surface area contributed by atoms with Gasteiger partial charge in [0.25, 0.3) is 5.91 Å². The van der Waals surface area contributed by atoms with Crippen molar-refractivity contribution in [1.82, 2.24) is 4.98 Å². The lowest BCUT2D eigenvalue weighted by atomic mass is 10.0. The number of hydrogen-bond acceptors (Lipinski definition) is 3. The number of benzene rings is 3. The van der Waals surface area contributed by atoms with Crippen LogP contribution in [0.5, 0.6) is 0 Å². The number of fused-ring (bicyclic) bond motifs is 1. The number of hydrogen-bond donors (Lipinski definition) is 1. The second kappa shape index (κ2) is 7.74. The van der Waals surface area contributed by atoms with E-state index in [0.29, 0.717) is 22.2 Å². The van der Waals surface area contributed by atoms with E-state index >= 15 is 0 Å². The molecule has 0 unspecified atom stereocenters. The minimum Gasteiger partial charge on any atom is -0.322 e. The lowest BCUT2D eigenvalue weighted by molar-refractivity contribution is 0.102. The highest BCUT2D eigenvalue weighted by molar-refractivity contribution is 7.21. The molecule has 5 heteroatoms. The normalized spacial score (nSPS) is 11.1. The van der Waals surface area contributed by atoms with Gasteiger partial charge in [-0.2, -0.15) is 0 Å². The predicted molar refractivity (Wildman–Crippen MR) is 119 cm³/mol. The van der Waals surface area contributed by atoms with Crippen LogP contribution in [-0.4, -0.2) is 10.9 Å². The van der Waals surface area contributed by atoms with Crippen LogP contribution in [0.1, 0.15) is 35.7 Å². The van der Waals surface area contributed by atoms with Crippen molar-refractivity contribution in [3.05, 3.63) is 82.9 Å².